The van der Waals surface area contributed by atoms with E-state index in [0.717, 1.165) is 27.8 Å². The summed E-state index contributed by atoms with van der Waals surface area (Å²) < 4.78 is 0.236. The maximum atomic E-state index is 12.9. The number of hydrogen-bond acceptors (Lipinski definition) is 5. The minimum absolute atomic E-state index is 0.145. The molecule has 1 saturated heterocycles. The number of benzene rings is 2. The van der Waals surface area contributed by atoms with Crippen LogP contribution < -0.4 is 5.11 Å². The van der Waals surface area contributed by atoms with Gasteiger partial charge in [-0.05, 0) is 35.1 Å². The Balaban J connectivity index is 1.84. The molecule has 0 saturated carbocycles. The van der Waals surface area contributed by atoms with Gasteiger partial charge < -0.3 is 9.90 Å². The molecular formula is C22H20NO3S2-. The average molecular weight is 411 g/mol. The summed E-state index contributed by atoms with van der Waals surface area (Å²) >= 11 is 6.43. The number of carbonyl (C=O) groups is 2. The van der Waals surface area contributed by atoms with Gasteiger partial charge in [0.05, 0.1) is 16.9 Å². The molecule has 1 amide bonds. The number of carboxylic acid groups (broad SMARTS) is 1. The number of carbonyl (C=O) groups excluding carboxylic acids is 2. The molecule has 144 valence electrons. The highest BCUT2D eigenvalue weighted by atomic mass is 32.2. The number of aliphatic carboxylic acids is 1. The van der Waals surface area contributed by atoms with Gasteiger partial charge in [0.1, 0.15) is 4.32 Å². The van der Waals surface area contributed by atoms with Gasteiger partial charge in [0.2, 0.25) is 0 Å². The minimum atomic E-state index is -1.32. The van der Waals surface area contributed by atoms with Crippen LogP contribution in [0.2, 0.25) is 0 Å². The summed E-state index contributed by atoms with van der Waals surface area (Å²) in [4.78, 5) is 26.2. The van der Waals surface area contributed by atoms with E-state index < -0.39 is 17.9 Å². The predicted molar refractivity (Wildman–Crippen MR) is 114 cm³/mol. The summed E-state index contributed by atoms with van der Waals surface area (Å²) in [5, 5.41) is 11.8. The molecule has 0 bridgehead atoms. The highest BCUT2D eigenvalue weighted by Crippen LogP contribution is 2.34. The summed E-state index contributed by atoms with van der Waals surface area (Å²) in [5.41, 5.74) is 2.89. The first-order chi connectivity index (χ1) is 13.4. The normalized spacial score (nSPS) is 16.8. The second-order valence-corrected chi connectivity index (χ2v) is 8.57. The van der Waals surface area contributed by atoms with Gasteiger partial charge in [-0.1, -0.05) is 92.4 Å². The van der Waals surface area contributed by atoms with Crippen LogP contribution in [-0.2, 0) is 16.0 Å². The van der Waals surface area contributed by atoms with E-state index in [-0.39, 0.29) is 10.7 Å². The van der Waals surface area contributed by atoms with Crippen LogP contribution in [-0.4, -0.2) is 27.1 Å². The van der Waals surface area contributed by atoms with E-state index in [1.165, 1.54) is 5.56 Å². The Bertz CT molecular complexity index is 921. The Hall–Kier alpha value is -2.44. The lowest BCUT2D eigenvalue weighted by Gasteiger charge is -2.27. The zero-order chi connectivity index (χ0) is 20.3. The zero-order valence-corrected chi connectivity index (χ0v) is 17.3. The molecule has 1 fully saturated rings. The van der Waals surface area contributed by atoms with Crippen LogP contribution in [0.4, 0.5) is 0 Å². The molecule has 0 unspecified atom stereocenters. The molecule has 0 N–H and O–H groups in total. The first-order valence-electron chi connectivity index (χ1n) is 8.98. The van der Waals surface area contributed by atoms with E-state index in [0.29, 0.717) is 10.8 Å². The third kappa shape index (κ3) is 4.51. The fraction of sp³-hybridized carbons (Fsp3) is 0.227. The van der Waals surface area contributed by atoms with Crippen molar-refractivity contribution in [1.82, 2.24) is 4.90 Å². The predicted octanol–water partition coefficient (Wildman–Crippen LogP) is 3.37. The number of thioether (sulfide) groups is 1. The Morgan fingerprint density at radius 3 is 2.36 bits per heavy atom. The molecule has 0 aromatic heterocycles. The Morgan fingerprint density at radius 2 is 1.79 bits per heavy atom. The Morgan fingerprint density at radius 1 is 1.14 bits per heavy atom. The lowest BCUT2D eigenvalue weighted by molar-refractivity contribution is -0.310. The van der Waals surface area contributed by atoms with E-state index in [1.807, 2.05) is 54.6 Å². The number of hydrogen-bond donors (Lipinski definition) is 0. The van der Waals surface area contributed by atoms with Crippen molar-refractivity contribution in [1.29, 1.82) is 0 Å². The molecule has 1 atom stereocenters. The van der Waals surface area contributed by atoms with Crippen molar-refractivity contribution in [2.75, 3.05) is 0 Å². The molecule has 0 aliphatic carbocycles. The maximum Gasteiger partial charge on any atom is 0.266 e. The molecule has 3 rings (SSSR count). The molecule has 2 aromatic carbocycles. The van der Waals surface area contributed by atoms with Crippen molar-refractivity contribution < 1.29 is 14.7 Å². The van der Waals surface area contributed by atoms with Gasteiger partial charge in [0.15, 0.2) is 0 Å². The lowest BCUT2D eigenvalue weighted by atomic mass is 10.0. The monoisotopic (exact) mass is 410 g/mol. The minimum Gasteiger partial charge on any atom is -0.548 e. The number of amides is 1. The van der Waals surface area contributed by atoms with Crippen molar-refractivity contribution in [2.45, 2.75) is 32.2 Å². The standard InChI is InChI=1S/C22H21NO3S2/c1-14(2)17-10-8-16(9-11-17)13-19-20(24)23(22(27)28-19)18(21(25)26)12-15-6-4-3-5-7-15/h3-11,13-14,18H,12H2,1-2H3,(H,25,26)/p-1/b19-13-/t18-/m0/s1. The molecule has 6 heteroatoms. The van der Waals surface area contributed by atoms with Gasteiger partial charge in [0, 0.05) is 0 Å². The van der Waals surface area contributed by atoms with E-state index in [9.17, 15) is 14.7 Å². The lowest BCUT2D eigenvalue weighted by Crippen LogP contribution is -2.51. The van der Waals surface area contributed by atoms with Crippen molar-refractivity contribution in [3.63, 3.8) is 0 Å². The van der Waals surface area contributed by atoms with Crippen LogP contribution in [0.25, 0.3) is 6.08 Å². The Kier molecular flexibility index (Phi) is 6.31. The van der Waals surface area contributed by atoms with Crippen LogP contribution in [0.3, 0.4) is 0 Å². The SMILES string of the molecule is CC(C)c1ccc(/C=C2\SC(=S)N([C@@H](Cc3ccccc3)C(=O)[O-])C2=O)cc1. The average Bonchev–Trinajstić information content (AvgIpc) is 2.94. The summed E-state index contributed by atoms with van der Waals surface area (Å²) in [6.07, 6.45) is 1.89. The van der Waals surface area contributed by atoms with Crippen LogP contribution in [0.5, 0.6) is 0 Å². The van der Waals surface area contributed by atoms with E-state index in [1.54, 1.807) is 6.08 Å². The molecular weight excluding hydrogens is 390 g/mol. The van der Waals surface area contributed by atoms with Gasteiger partial charge in [0.25, 0.3) is 5.91 Å². The summed E-state index contributed by atoms with van der Waals surface area (Å²) in [6, 6.07) is 15.9. The first kappa shape index (κ1) is 20.3. The van der Waals surface area contributed by atoms with Crippen molar-refractivity contribution in [3.05, 3.63) is 76.2 Å². The van der Waals surface area contributed by atoms with Gasteiger partial charge in [-0.3, -0.25) is 9.69 Å². The number of nitrogens with zero attached hydrogens (tertiary/aromatic N) is 1. The number of thiocarbonyl (C=S) groups is 1. The second-order valence-electron chi connectivity index (χ2n) is 6.90. The second kappa shape index (κ2) is 8.71. The fourth-order valence-corrected chi connectivity index (χ4v) is 4.35. The van der Waals surface area contributed by atoms with E-state index in [2.05, 4.69) is 13.8 Å². The topological polar surface area (TPSA) is 60.4 Å². The zero-order valence-electron chi connectivity index (χ0n) is 15.6. The highest BCUT2D eigenvalue weighted by molar-refractivity contribution is 8.26. The van der Waals surface area contributed by atoms with Gasteiger partial charge in [-0.2, -0.15) is 0 Å². The van der Waals surface area contributed by atoms with E-state index in [4.69, 9.17) is 12.2 Å². The number of rotatable bonds is 6. The molecule has 4 nitrogen and oxygen atoms in total. The third-order valence-electron chi connectivity index (χ3n) is 4.58. The van der Waals surface area contributed by atoms with Gasteiger partial charge in [-0.15, -0.1) is 0 Å². The molecule has 0 radical (unpaired) electrons. The van der Waals surface area contributed by atoms with E-state index >= 15 is 0 Å². The molecule has 0 spiro atoms. The van der Waals surface area contributed by atoms with Gasteiger partial charge in [-0.25, -0.2) is 0 Å². The fourth-order valence-electron chi connectivity index (χ4n) is 2.99. The van der Waals surface area contributed by atoms with Crippen LogP contribution >= 0.6 is 24.0 Å². The quantitative estimate of drug-likeness (QED) is 0.540. The first-order valence-corrected chi connectivity index (χ1v) is 10.2. The van der Waals surface area contributed by atoms with Crippen molar-refractivity contribution in [3.8, 4) is 0 Å². The maximum absolute atomic E-state index is 12.9. The number of carboxylic acids is 1. The smallest absolute Gasteiger partial charge is 0.266 e. The molecule has 1 heterocycles. The molecule has 1 aliphatic heterocycles. The van der Waals surface area contributed by atoms with Crippen LogP contribution in [0.15, 0.2) is 59.5 Å². The Labute approximate surface area is 174 Å². The van der Waals surface area contributed by atoms with Crippen LogP contribution in [0, 0.1) is 0 Å². The highest BCUT2D eigenvalue weighted by Gasteiger charge is 2.37. The molecule has 1 aliphatic rings. The summed E-state index contributed by atoms with van der Waals surface area (Å²) in [7, 11) is 0. The van der Waals surface area contributed by atoms with Crippen molar-refractivity contribution >= 4 is 46.3 Å². The third-order valence-corrected chi connectivity index (χ3v) is 5.91. The summed E-state index contributed by atoms with van der Waals surface area (Å²) in [6.45, 7) is 4.24. The summed E-state index contributed by atoms with van der Waals surface area (Å²) in [5.74, 6) is -1.29. The molecule has 2 aromatic rings. The van der Waals surface area contributed by atoms with Crippen LogP contribution in [0.1, 0.15) is 36.5 Å². The molecule has 28 heavy (non-hydrogen) atoms. The van der Waals surface area contributed by atoms with Gasteiger partial charge >= 0.3 is 0 Å². The van der Waals surface area contributed by atoms with Crippen molar-refractivity contribution in [2.24, 2.45) is 0 Å². The largest absolute Gasteiger partial charge is 0.548 e.